The summed E-state index contributed by atoms with van der Waals surface area (Å²) in [6, 6.07) is 0. The van der Waals surface area contributed by atoms with E-state index >= 15 is 0 Å². The molecule has 0 aromatic carbocycles. The van der Waals surface area contributed by atoms with Crippen molar-refractivity contribution < 1.29 is 24.8 Å². The molecular weight excluding hydrogens is 320 g/mol. The molecule has 0 spiro atoms. The van der Waals surface area contributed by atoms with Crippen LogP contribution in [0, 0.1) is 0 Å². The molecule has 1 aliphatic rings. The van der Waals surface area contributed by atoms with Gasteiger partial charge in [0.05, 0.1) is 13.2 Å². The van der Waals surface area contributed by atoms with Crippen LogP contribution in [0.2, 0.25) is 0 Å². The van der Waals surface area contributed by atoms with Crippen LogP contribution >= 0.6 is 0 Å². The van der Waals surface area contributed by atoms with Gasteiger partial charge in [-0.3, -0.25) is 0 Å². The first-order valence-electron chi connectivity index (χ1n) is 10.1. The van der Waals surface area contributed by atoms with Crippen LogP contribution in [0.4, 0.5) is 0 Å². The van der Waals surface area contributed by atoms with Gasteiger partial charge >= 0.3 is 0 Å². The van der Waals surface area contributed by atoms with Crippen molar-refractivity contribution in [2.75, 3.05) is 19.8 Å². The largest absolute Gasteiger partial charge is 0.394 e. The van der Waals surface area contributed by atoms with E-state index in [1.165, 1.54) is 44.9 Å². The Hall–Kier alpha value is -0.460. The predicted molar refractivity (Wildman–Crippen MR) is 99.6 cm³/mol. The fraction of sp³-hybridized carbons (Fsp3) is 0.900. The molecule has 0 radical (unpaired) electrons. The van der Waals surface area contributed by atoms with E-state index in [1.54, 1.807) is 0 Å². The smallest absolute Gasteiger partial charge is 0.114 e. The van der Waals surface area contributed by atoms with E-state index < -0.39 is 24.4 Å². The number of aliphatic hydroxyl groups is 3. The zero-order chi connectivity index (χ0) is 18.3. The summed E-state index contributed by atoms with van der Waals surface area (Å²) in [7, 11) is 0. The SMILES string of the molecule is CCCCCC/C=C/CCCCCCO[C@@H]1[C@H]([C@@H](O)CO)OC[C@H]1O. The lowest BCUT2D eigenvalue weighted by atomic mass is 10.1. The van der Waals surface area contributed by atoms with Crippen LogP contribution < -0.4 is 0 Å². The average Bonchev–Trinajstić information content (AvgIpc) is 2.99. The Morgan fingerprint density at radius 3 is 2.32 bits per heavy atom. The maximum absolute atomic E-state index is 9.84. The standard InChI is InChI=1S/C20H38O5/c1-2-3-4-5-6-7-8-9-10-11-12-13-14-24-20-18(23)16-25-19(20)17(22)15-21/h7-8,17-23H,2-6,9-16H2,1H3/b8-7+/t17-,18+,19-,20-/m0/s1. The summed E-state index contributed by atoms with van der Waals surface area (Å²) in [5, 5.41) is 28.5. The lowest BCUT2D eigenvalue weighted by molar-refractivity contribution is -0.0938. The number of ether oxygens (including phenoxy) is 2. The number of rotatable bonds is 15. The molecule has 1 rings (SSSR count). The highest BCUT2D eigenvalue weighted by molar-refractivity contribution is 4.89. The van der Waals surface area contributed by atoms with Crippen molar-refractivity contribution in [1.29, 1.82) is 0 Å². The zero-order valence-electron chi connectivity index (χ0n) is 15.8. The molecule has 0 bridgehead atoms. The van der Waals surface area contributed by atoms with E-state index in [-0.39, 0.29) is 13.2 Å². The summed E-state index contributed by atoms with van der Waals surface area (Å²) in [5.74, 6) is 0. The summed E-state index contributed by atoms with van der Waals surface area (Å²) in [6.45, 7) is 2.55. The van der Waals surface area contributed by atoms with E-state index in [2.05, 4.69) is 19.1 Å². The van der Waals surface area contributed by atoms with Crippen LogP contribution in [0.1, 0.15) is 71.1 Å². The highest BCUT2D eigenvalue weighted by atomic mass is 16.6. The summed E-state index contributed by atoms with van der Waals surface area (Å²) in [4.78, 5) is 0. The fourth-order valence-corrected chi connectivity index (χ4v) is 3.12. The number of aliphatic hydroxyl groups excluding tert-OH is 3. The van der Waals surface area contributed by atoms with Gasteiger partial charge in [0, 0.05) is 6.61 Å². The summed E-state index contributed by atoms with van der Waals surface area (Å²) >= 11 is 0. The van der Waals surface area contributed by atoms with Gasteiger partial charge in [-0.2, -0.15) is 0 Å². The van der Waals surface area contributed by atoms with Gasteiger partial charge < -0.3 is 24.8 Å². The van der Waals surface area contributed by atoms with Gasteiger partial charge in [0.15, 0.2) is 0 Å². The molecule has 0 aromatic heterocycles. The molecule has 0 unspecified atom stereocenters. The second-order valence-electron chi connectivity index (χ2n) is 6.97. The van der Waals surface area contributed by atoms with Gasteiger partial charge in [-0.25, -0.2) is 0 Å². The first-order valence-corrected chi connectivity index (χ1v) is 10.1. The van der Waals surface area contributed by atoms with Gasteiger partial charge in [0.25, 0.3) is 0 Å². The van der Waals surface area contributed by atoms with Crippen LogP contribution in [-0.4, -0.2) is 59.6 Å². The number of allylic oxidation sites excluding steroid dienone is 2. The molecule has 1 aliphatic heterocycles. The molecule has 0 amide bonds. The lowest BCUT2D eigenvalue weighted by Gasteiger charge is -2.23. The van der Waals surface area contributed by atoms with Crippen LogP contribution in [0.5, 0.6) is 0 Å². The third kappa shape index (κ3) is 9.71. The Morgan fingerprint density at radius 2 is 1.68 bits per heavy atom. The monoisotopic (exact) mass is 358 g/mol. The maximum Gasteiger partial charge on any atom is 0.114 e. The van der Waals surface area contributed by atoms with Crippen molar-refractivity contribution >= 4 is 0 Å². The summed E-state index contributed by atoms with van der Waals surface area (Å²) in [6.07, 6.45) is 13.8. The van der Waals surface area contributed by atoms with Crippen LogP contribution in [0.3, 0.4) is 0 Å². The Labute approximate surface area is 153 Å². The quantitative estimate of drug-likeness (QED) is 0.310. The number of hydrogen-bond acceptors (Lipinski definition) is 5. The van der Waals surface area contributed by atoms with E-state index in [0.29, 0.717) is 6.61 Å². The third-order valence-electron chi connectivity index (χ3n) is 4.70. The van der Waals surface area contributed by atoms with E-state index in [9.17, 15) is 10.2 Å². The molecular formula is C20H38O5. The predicted octanol–water partition coefficient (Wildman–Crippen LogP) is 2.96. The minimum Gasteiger partial charge on any atom is -0.394 e. The molecule has 25 heavy (non-hydrogen) atoms. The minimum absolute atomic E-state index is 0.150. The van der Waals surface area contributed by atoms with E-state index in [1.807, 2.05) is 0 Å². The molecule has 1 saturated heterocycles. The first-order chi connectivity index (χ1) is 12.2. The molecule has 3 N–H and O–H groups in total. The van der Waals surface area contributed by atoms with Crippen molar-refractivity contribution in [2.24, 2.45) is 0 Å². The summed E-state index contributed by atoms with van der Waals surface area (Å²) in [5.41, 5.74) is 0. The Bertz CT molecular complexity index is 334. The molecule has 4 atom stereocenters. The number of unbranched alkanes of at least 4 members (excludes halogenated alkanes) is 8. The summed E-state index contributed by atoms with van der Waals surface area (Å²) < 4.78 is 11.0. The molecule has 0 aromatic rings. The van der Waals surface area contributed by atoms with Crippen LogP contribution in [0.25, 0.3) is 0 Å². The van der Waals surface area contributed by atoms with Crippen molar-refractivity contribution in [3.05, 3.63) is 12.2 Å². The highest BCUT2D eigenvalue weighted by Gasteiger charge is 2.40. The molecule has 5 nitrogen and oxygen atoms in total. The van der Waals surface area contributed by atoms with Gasteiger partial charge in [-0.05, 0) is 32.1 Å². The number of hydrogen-bond donors (Lipinski definition) is 3. The van der Waals surface area contributed by atoms with Crippen molar-refractivity contribution in [3.8, 4) is 0 Å². The van der Waals surface area contributed by atoms with Crippen molar-refractivity contribution in [2.45, 2.75) is 95.5 Å². The zero-order valence-corrected chi connectivity index (χ0v) is 15.8. The maximum atomic E-state index is 9.84. The Balaban J connectivity index is 1.97. The molecule has 5 heteroatoms. The molecule has 1 fully saturated rings. The minimum atomic E-state index is -1.00. The van der Waals surface area contributed by atoms with Crippen LogP contribution in [0.15, 0.2) is 12.2 Å². The Kier molecular flexibility index (Phi) is 13.3. The van der Waals surface area contributed by atoms with E-state index in [4.69, 9.17) is 14.6 Å². The molecule has 1 heterocycles. The third-order valence-corrected chi connectivity index (χ3v) is 4.70. The highest BCUT2D eigenvalue weighted by Crippen LogP contribution is 2.21. The van der Waals surface area contributed by atoms with Gasteiger partial charge in [-0.15, -0.1) is 0 Å². The Morgan fingerprint density at radius 1 is 1.04 bits per heavy atom. The molecule has 0 saturated carbocycles. The van der Waals surface area contributed by atoms with E-state index in [0.717, 1.165) is 19.3 Å². The first kappa shape index (κ1) is 22.6. The average molecular weight is 359 g/mol. The normalized spacial score (nSPS) is 25.0. The second-order valence-corrected chi connectivity index (χ2v) is 6.97. The van der Waals surface area contributed by atoms with Gasteiger partial charge in [0.1, 0.15) is 24.4 Å². The lowest BCUT2D eigenvalue weighted by Crippen LogP contribution is -2.42. The fourth-order valence-electron chi connectivity index (χ4n) is 3.12. The van der Waals surface area contributed by atoms with Crippen LogP contribution in [-0.2, 0) is 9.47 Å². The van der Waals surface area contributed by atoms with Crippen molar-refractivity contribution in [1.82, 2.24) is 0 Å². The van der Waals surface area contributed by atoms with Crippen molar-refractivity contribution in [3.63, 3.8) is 0 Å². The molecule has 0 aliphatic carbocycles. The molecule has 148 valence electrons. The van der Waals surface area contributed by atoms with Gasteiger partial charge in [-0.1, -0.05) is 51.2 Å². The van der Waals surface area contributed by atoms with Gasteiger partial charge in [0.2, 0.25) is 0 Å². The topological polar surface area (TPSA) is 79.2 Å². The second kappa shape index (κ2) is 14.7.